The van der Waals surface area contributed by atoms with Crippen LogP contribution in [-0.4, -0.2) is 74.1 Å². The van der Waals surface area contributed by atoms with E-state index in [-0.39, 0.29) is 23.8 Å². The number of nitrogens with two attached hydrogens (primary N) is 1. The first kappa shape index (κ1) is 25.7. The molecule has 3 amide bonds. The highest BCUT2D eigenvalue weighted by molar-refractivity contribution is 6.02. The Balaban J connectivity index is 1.42. The van der Waals surface area contributed by atoms with E-state index in [0.29, 0.717) is 47.4 Å². The molecule has 2 aliphatic rings. The molecule has 200 valence electrons. The van der Waals surface area contributed by atoms with Crippen molar-refractivity contribution in [2.24, 2.45) is 23.5 Å². The molecule has 5 N–H and O–H groups in total. The summed E-state index contributed by atoms with van der Waals surface area (Å²) < 4.78 is 1.70. The number of nitrogens with zero attached hydrogens (tertiary/aromatic N) is 4. The quantitative estimate of drug-likeness (QED) is 0.385. The SMILES string of the molecule is CNC(=O)c1ccc(-c2cc3c(N[C@@H]4CC5CN(C(=O)C(C)(C)O)C[C@@H]5[C@H]4C)c(C(N)=O)cnn3c2)cn1. The van der Waals surface area contributed by atoms with Gasteiger partial charge in [-0.05, 0) is 50.2 Å². The Labute approximate surface area is 220 Å². The highest BCUT2D eigenvalue weighted by atomic mass is 16.3. The van der Waals surface area contributed by atoms with Gasteiger partial charge in [0.15, 0.2) is 0 Å². The Morgan fingerprint density at radius 1 is 1.16 bits per heavy atom. The lowest BCUT2D eigenvalue weighted by Crippen LogP contribution is -2.45. The van der Waals surface area contributed by atoms with E-state index in [2.05, 4.69) is 27.6 Å². The first-order valence-electron chi connectivity index (χ1n) is 12.8. The Hall–Kier alpha value is -3.99. The predicted octanol–water partition coefficient (Wildman–Crippen LogP) is 1.52. The van der Waals surface area contributed by atoms with Crippen LogP contribution in [0.2, 0.25) is 0 Å². The van der Waals surface area contributed by atoms with Crippen LogP contribution in [-0.2, 0) is 4.79 Å². The highest BCUT2D eigenvalue weighted by Crippen LogP contribution is 2.44. The number of likely N-dealkylation sites (tertiary alicyclic amines) is 1. The second kappa shape index (κ2) is 9.39. The van der Waals surface area contributed by atoms with Gasteiger partial charge in [0.1, 0.15) is 11.3 Å². The normalized spacial score (nSPS) is 22.9. The standard InChI is InChI=1S/C27H33N7O4/c1-14-19-13-33(26(37)27(2,3)38)11-17(19)7-21(14)32-23-18(24(28)35)10-31-34-12-16(8-22(23)34)15-5-6-20(30-9-15)25(36)29-4/h5-6,8-10,12,14,17,19,21,32,38H,7,11,13H2,1-4H3,(H2,28,35)(H,29,36)/t14-,17?,19-,21-/m1/s1. The number of aliphatic hydroxyl groups is 1. The number of anilines is 1. The Bertz CT molecular complexity index is 1410. The molecule has 11 heteroatoms. The van der Waals surface area contributed by atoms with Crippen LogP contribution >= 0.6 is 0 Å². The molecule has 1 aliphatic carbocycles. The number of rotatable bonds is 6. The summed E-state index contributed by atoms with van der Waals surface area (Å²) >= 11 is 0. The smallest absolute Gasteiger partial charge is 0.269 e. The van der Waals surface area contributed by atoms with Crippen LogP contribution in [0.15, 0.2) is 36.8 Å². The number of carbonyl (C=O) groups excluding carboxylic acids is 3. The molecule has 0 radical (unpaired) electrons. The zero-order valence-electron chi connectivity index (χ0n) is 21.9. The summed E-state index contributed by atoms with van der Waals surface area (Å²) in [6.07, 6.45) is 5.77. The third kappa shape index (κ3) is 4.47. The molecule has 3 aromatic heterocycles. The van der Waals surface area contributed by atoms with Gasteiger partial charge in [-0.2, -0.15) is 5.10 Å². The van der Waals surface area contributed by atoms with Crippen molar-refractivity contribution in [2.45, 2.75) is 38.8 Å². The molecule has 11 nitrogen and oxygen atoms in total. The molecular formula is C27H33N7O4. The van der Waals surface area contributed by atoms with E-state index in [1.54, 1.807) is 28.7 Å². The van der Waals surface area contributed by atoms with Crippen molar-refractivity contribution in [3.05, 3.63) is 48.0 Å². The van der Waals surface area contributed by atoms with Gasteiger partial charge in [0.05, 0.1) is 23.0 Å². The fraction of sp³-hybridized carbons (Fsp3) is 0.444. The van der Waals surface area contributed by atoms with E-state index in [1.807, 2.05) is 18.3 Å². The lowest BCUT2D eigenvalue weighted by atomic mass is 9.93. The summed E-state index contributed by atoms with van der Waals surface area (Å²) in [7, 11) is 1.55. The molecule has 0 bridgehead atoms. The molecule has 38 heavy (non-hydrogen) atoms. The van der Waals surface area contributed by atoms with Crippen molar-refractivity contribution < 1.29 is 19.5 Å². The second-order valence-corrected chi connectivity index (χ2v) is 10.9. The Kier molecular flexibility index (Phi) is 6.34. The molecule has 1 aliphatic heterocycles. The van der Waals surface area contributed by atoms with Crippen LogP contribution in [0.1, 0.15) is 48.0 Å². The summed E-state index contributed by atoms with van der Waals surface area (Å²) in [6, 6.07) is 5.46. The Morgan fingerprint density at radius 3 is 2.53 bits per heavy atom. The van der Waals surface area contributed by atoms with Crippen LogP contribution in [0.4, 0.5) is 5.69 Å². The van der Waals surface area contributed by atoms with Gasteiger partial charge < -0.3 is 26.4 Å². The van der Waals surface area contributed by atoms with E-state index in [0.717, 1.165) is 17.5 Å². The van der Waals surface area contributed by atoms with Gasteiger partial charge in [-0.25, -0.2) is 4.52 Å². The number of hydrogen-bond acceptors (Lipinski definition) is 7. The lowest BCUT2D eigenvalue weighted by molar-refractivity contribution is -0.147. The van der Waals surface area contributed by atoms with E-state index in [4.69, 9.17) is 5.73 Å². The monoisotopic (exact) mass is 519 g/mol. The van der Waals surface area contributed by atoms with Crippen molar-refractivity contribution in [3.8, 4) is 11.1 Å². The molecule has 1 saturated heterocycles. The van der Waals surface area contributed by atoms with Gasteiger partial charge in [0, 0.05) is 49.7 Å². The van der Waals surface area contributed by atoms with E-state index >= 15 is 0 Å². The van der Waals surface area contributed by atoms with E-state index < -0.39 is 11.5 Å². The molecule has 0 spiro atoms. The number of nitrogens with one attached hydrogen (secondary N) is 2. The molecular weight excluding hydrogens is 486 g/mol. The third-order valence-electron chi connectivity index (χ3n) is 7.96. The summed E-state index contributed by atoms with van der Waals surface area (Å²) in [4.78, 5) is 42.8. The molecule has 2 fully saturated rings. The van der Waals surface area contributed by atoms with Crippen LogP contribution < -0.4 is 16.4 Å². The molecule has 1 unspecified atom stereocenters. The number of amides is 3. The van der Waals surface area contributed by atoms with Crippen LogP contribution in [0.3, 0.4) is 0 Å². The zero-order chi connectivity index (χ0) is 27.4. The molecule has 4 atom stereocenters. The minimum absolute atomic E-state index is 0.0699. The lowest BCUT2D eigenvalue weighted by Gasteiger charge is -2.28. The number of aromatic nitrogens is 3. The summed E-state index contributed by atoms with van der Waals surface area (Å²) in [5, 5.41) is 20.7. The fourth-order valence-electron chi connectivity index (χ4n) is 5.89. The molecule has 1 saturated carbocycles. The molecule has 5 rings (SSSR count). The summed E-state index contributed by atoms with van der Waals surface area (Å²) in [5.41, 5.74) is 7.92. The maximum atomic E-state index is 12.6. The number of primary amides is 1. The van der Waals surface area contributed by atoms with Crippen molar-refractivity contribution >= 4 is 28.9 Å². The van der Waals surface area contributed by atoms with Crippen molar-refractivity contribution in [3.63, 3.8) is 0 Å². The van der Waals surface area contributed by atoms with Crippen LogP contribution in [0.5, 0.6) is 0 Å². The minimum atomic E-state index is -1.39. The van der Waals surface area contributed by atoms with E-state index in [9.17, 15) is 19.5 Å². The Morgan fingerprint density at radius 2 is 1.92 bits per heavy atom. The molecule has 4 heterocycles. The summed E-state index contributed by atoms with van der Waals surface area (Å²) in [5.74, 6) is -0.258. The number of carbonyl (C=O) groups is 3. The van der Waals surface area contributed by atoms with Crippen molar-refractivity contribution in [1.82, 2.24) is 24.8 Å². The minimum Gasteiger partial charge on any atom is -0.381 e. The number of pyridine rings is 1. The molecule has 3 aromatic rings. The van der Waals surface area contributed by atoms with Gasteiger partial charge in [0.2, 0.25) is 0 Å². The van der Waals surface area contributed by atoms with Gasteiger partial charge in [-0.15, -0.1) is 0 Å². The van der Waals surface area contributed by atoms with Gasteiger partial charge in [-0.3, -0.25) is 19.4 Å². The summed E-state index contributed by atoms with van der Waals surface area (Å²) in [6.45, 7) is 6.42. The third-order valence-corrected chi connectivity index (χ3v) is 7.96. The van der Waals surface area contributed by atoms with E-state index in [1.165, 1.54) is 20.0 Å². The van der Waals surface area contributed by atoms with Crippen molar-refractivity contribution in [1.29, 1.82) is 0 Å². The zero-order valence-corrected chi connectivity index (χ0v) is 21.9. The van der Waals surface area contributed by atoms with Crippen LogP contribution in [0, 0.1) is 17.8 Å². The topological polar surface area (TPSA) is 155 Å². The average Bonchev–Trinajstić information content (AvgIpc) is 3.57. The van der Waals surface area contributed by atoms with Gasteiger partial charge in [0.25, 0.3) is 17.7 Å². The predicted molar refractivity (Wildman–Crippen MR) is 141 cm³/mol. The first-order valence-corrected chi connectivity index (χ1v) is 12.8. The fourth-order valence-corrected chi connectivity index (χ4v) is 5.89. The first-order chi connectivity index (χ1) is 18.0. The van der Waals surface area contributed by atoms with Gasteiger partial charge >= 0.3 is 0 Å². The average molecular weight is 520 g/mol. The largest absolute Gasteiger partial charge is 0.381 e. The van der Waals surface area contributed by atoms with Crippen molar-refractivity contribution in [2.75, 3.05) is 25.5 Å². The van der Waals surface area contributed by atoms with Crippen LogP contribution in [0.25, 0.3) is 16.6 Å². The maximum Gasteiger partial charge on any atom is 0.269 e. The second-order valence-electron chi connectivity index (χ2n) is 10.9. The van der Waals surface area contributed by atoms with Gasteiger partial charge in [-0.1, -0.05) is 13.0 Å². The molecule has 0 aromatic carbocycles. The highest BCUT2D eigenvalue weighted by Gasteiger charge is 2.48. The maximum absolute atomic E-state index is 12.6. The number of hydrogen-bond donors (Lipinski definition) is 4. The number of fused-ring (bicyclic) bond motifs is 2.